The van der Waals surface area contributed by atoms with Gasteiger partial charge >= 0.3 is 0 Å². The molecular formula is C11H13BrO. The Bertz CT molecular complexity index is 320. The van der Waals surface area contributed by atoms with E-state index in [0.717, 1.165) is 6.42 Å². The fourth-order valence-corrected chi connectivity index (χ4v) is 2.85. The average Bonchev–Trinajstić information content (AvgIpc) is 2.33. The van der Waals surface area contributed by atoms with Gasteiger partial charge in [-0.05, 0) is 24.5 Å². The van der Waals surface area contributed by atoms with E-state index < -0.39 is 0 Å². The van der Waals surface area contributed by atoms with Crippen molar-refractivity contribution in [2.24, 2.45) is 0 Å². The van der Waals surface area contributed by atoms with Gasteiger partial charge < -0.3 is 4.74 Å². The molecule has 0 heterocycles. The number of rotatable bonds is 1. The van der Waals surface area contributed by atoms with Crippen LogP contribution in [-0.4, -0.2) is 11.4 Å². The van der Waals surface area contributed by atoms with E-state index in [9.17, 15) is 0 Å². The lowest BCUT2D eigenvalue weighted by molar-refractivity contribution is 0.0853. The topological polar surface area (TPSA) is 9.23 Å². The summed E-state index contributed by atoms with van der Waals surface area (Å²) in [5.74, 6) is 0. The Morgan fingerprint density at radius 2 is 2.15 bits per heavy atom. The number of methoxy groups -OCH3 is 1. The van der Waals surface area contributed by atoms with Crippen LogP contribution >= 0.6 is 15.9 Å². The molecule has 0 fully saturated rings. The van der Waals surface area contributed by atoms with E-state index in [1.165, 1.54) is 11.1 Å². The maximum Gasteiger partial charge on any atom is 0.0977 e. The average molecular weight is 241 g/mol. The summed E-state index contributed by atoms with van der Waals surface area (Å²) in [7, 11) is 1.77. The summed E-state index contributed by atoms with van der Waals surface area (Å²) in [5.41, 5.74) is 2.72. The molecule has 1 aliphatic carbocycles. The summed E-state index contributed by atoms with van der Waals surface area (Å²) in [4.78, 5) is 0. The second-order valence-corrected chi connectivity index (χ2v) is 5.58. The van der Waals surface area contributed by atoms with E-state index in [1.54, 1.807) is 7.11 Å². The van der Waals surface area contributed by atoms with E-state index in [2.05, 4.69) is 47.1 Å². The van der Waals surface area contributed by atoms with Crippen molar-refractivity contribution in [1.82, 2.24) is 0 Å². The summed E-state index contributed by atoms with van der Waals surface area (Å²) < 4.78 is 5.57. The number of fused-ring (bicyclic) bond motifs is 1. The van der Waals surface area contributed by atoms with Crippen LogP contribution in [0.3, 0.4) is 0 Å². The second-order valence-electron chi connectivity index (χ2n) is 3.77. The number of alkyl halides is 1. The lowest BCUT2D eigenvalue weighted by Crippen LogP contribution is -2.22. The first-order valence-corrected chi connectivity index (χ1v) is 5.24. The predicted octanol–water partition coefficient (Wildman–Crippen LogP) is 3.08. The number of hydrogen-bond acceptors (Lipinski definition) is 1. The Labute approximate surface area is 87.2 Å². The van der Waals surface area contributed by atoms with Crippen LogP contribution in [0.4, 0.5) is 0 Å². The molecule has 0 aromatic heterocycles. The molecular weight excluding hydrogens is 228 g/mol. The van der Waals surface area contributed by atoms with Gasteiger partial charge in [0.15, 0.2) is 0 Å². The molecule has 0 saturated heterocycles. The third-order valence-electron chi connectivity index (χ3n) is 2.66. The number of halogens is 1. The third-order valence-corrected chi connectivity index (χ3v) is 3.35. The van der Waals surface area contributed by atoms with Gasteiger partial charge in [0.05, 0.1) is 10.4 Å². The molecule has 1 aromatic rings. The largest absolute Gasteiger partial charge is 0.375 e. The van der Waals surface area contributed by atoms with Crippen LogP contribution in [0.15, 0.2) is 24.3 Å². The zero-order valence-corrected chi connectivity index (χ0v) is 9.47. The number of hydrogen-bond donors (Lipinski definition) is 0. The highest BCUT2D eigenvalue weighted by molar-refractivity contribution is 9.10. The van der Waals surface area contributed by atoms with Crippen LogP contribution in [0, 0.1) is 0 Å². The summed E-state index contributed by atoms with van der Waals surface area (Å²) in [5, 5.41) is 0. The standard InChI is InChI=1S/C11H13BrO/c1-11(12)7-8-5-3-4-6-9(8)10(11)13-2/h3-6,10H,7H2,1-2H3/t10-,11-/m0/s1. The summed E-state index contributed by atoms with van der Waals surface area (Å²) in [6.45, 7) is 2.18. The van der Waals surface area contributed by atoms with Crippen LogP contribution in [0.25, 0.3) is 0 Å². The van der Waals surface area contributed by atoms with Crippen molar-refractivity contribution in [3.63, 3.8) is 0 Å². The smallest absolute Gasteiger partial charge is 0.0977 e. The molecule has 1 aromatic carbocycles. The van der Waals surface area contributed by atoms with Gasteiger partial charge in [0, 0.05) is 7.11 Å². The maximum atomic E-state index is 5.51. The van der Waals surface area contributed by atoms with Crippen molar-refractivity contribution in [3.8, 4) is 0 Å². The van der Waals surface area contributed by atoms with Crippen molar-refractivity contribution in [1.29, 1.82) is 0 Å². The number of ether oxygens (including phenoxy) is 1. The van der Waals surface area contributed by atoms with E-state index >= 15 is 0 Å². The van der Waals surface area contributed by atoms with E-state index in [-0.39, 0.29) is 10.4 Å². The van der Waals surface area contributed by atoms with E-state index in [1.807, 2.05) is 0 Å². The van der Waals surface area contributed by atoms with Gasteiger partial charge in [0.2, 0.25) is 0 Å². The Hall–Kier alpha value is -0.340. The fourth-order valence-electron chi connectivity index (χ4n) is 2.11. The van der Waals surface area contributed by atoms with Gasteiger partial charge in [0.1, 0.15) is 0 Å². The molecule has 0 radical (unpaired) electrons. The highest BCUT2D eigenvalue weighted by atomic mass is 79.9. The molecule has 0 unspecified atom stereocenters. The normalized spacial score (nSPS) is 31.8. The molecule has 0 saturated carbocycles. The van der Waals surface area contributed by atoms with Crippen molar-refractivity contribution in [2.45, 2.75) is 23.8 Å². The van der Waals surface area contributed by atoms with Crippen molar-refractivity contribution >= 4 is 15.9 Å². The SMILES string of the molecule is CO[C@H]1c2ccccc2C[C@]1(C)Br. The molecule has 2 heteroatoms. The Balaban J connectivity index is 2.46. The fraction of sp³-hybridized carbons (Fsp3) is 0.455. The lowest BCUT2D eigenvalue weighted by atomic mass is 10.1. The van der Waals surface area contributed by atoms with Gasteiger partial charge in [-0.25, -0.2) is 0 Å². The van der Waals surface area contributed by atoms with Crippen LogP contribution in [-0.2, 0) is 11.2 Å². The quantitative estimate of drug-likeness (QED) is 0.686. The molecule has 0 bridgehead atoms. The summed E-state index contributed by atoms with van der Waals surface area (Å²) in [6.07, 6.45) is 1.23. The summed E-state index contributed by atoms with van der Waals surface area (Å²) >= 11 is 3.72. The van der Waals surface area contributed by atoms with Crippen LogP contribution in [0.5, 0.6) is 0 Å². The second kappa shape index (κ2) is 3.10. The van der Waals surface area contributed by atoms with E-state index in [4.69, 9.17) is 4.74 Å². The molecule has 1 nitrogen and oxygen atoms in total. The molecule has 2 atom stereocenters. The van der Waals surface area contributed by atoms with Crippen molar-refractivity contribution in [3.05, 3.63) is 35.4 Å². The molecule has 70 valence electrons. The van der Waals surface area contributed by atoms with Crippen LogP contribution in [0.2, 0.25) is 0 Å². The zero-order chi connectivity index (χ0) is 9.47. The first kappa shape index (κ1) is 9.22. The Kier molecular flexibility index (Phi) is 2.20. The Morgan fingerprint density at radius 3 is 2.85 bits per heavy atom. The minimum absolute atomic E-state index is 0.0609. The molecule has 0 N–H and O–H groups in total. The highest BCUT2D eigenvalue weighted by Crippen LogP contribution is 2.46. The predicted molar refractivity (Wildman–Crippen MR) is 57.2 cm³/mol. The monoisotopic (exact) mass is 240 g/mol. The van der Waals surface area contributed by atoms with Gasteiger partial charge in [-0.3, -0.25) is 0 Å². The minimum Gasteiger partial charge on any atom is -0.375 e. The molecule has 0 spiro atoms. The lowest BCUT2D eigenvalue weighted by Gasteiger charge is -2.23. The first-order valence-electron chi connectivity index (χ1n) is 4.44. The van der Waals surface area contributed by atoms with Crippen molar-refractivity contribution < 1.29 is 4.74 Å². The van der Waals surface area contributed by atoms with E-state index in [0.29, 0.717) is 0 Å². The Morgan fingerprint density at radius 1 is 1.46 bits per heavy atom. The van der Waals surface area contributed by atoms with Gasteiger partial charge in [-0.1, -0.05) is 40.2 Å². The van der Waals surface area contributed by atoms with Crippen LogP contribution < -0.4 is 0 Å². The summed E-state index contributed by atoms with van der Waals surface area (Å²) in [6, 6.07) is 8.48. The maximum absolute atomic E-state index is 5.51. The zero-order valence-electron chi connectivity index (χ0n) is 7.88. The highest BCUT2D eigenvalue weighted by Gasteiger charge is 2.40. The first-order chi connectivity index (χ1) is 6.15. The molecule has 2 rings (SSSR count). The van der Waals surface area contributed by atoms with Gasteiger partial charge in [-0.15, -0.1) is 0 Å². The molecule has 13 heavy (non-hydrogen) atoms. The van der Waals surface area contributed by atoms with Crippen molar-refractivity contribution in [2.75, 3.05) is 7.11 Å². The minimum atomic E-state index is 0.0609. The van der Waals surface area contributed by atoms with Gasteiger partial charge in [0.25, 0.3) is 0 Å². The number of benzene rings is 1. The molecule has 0 aliphatic heterocycles. The van der Waals surface area contributed by atoms with Crippen LogP contribution in [0.1, 0.15) is 24.2 Å². The molecule has 1 aliphatic rings. The third kappa shape index (κ3) is 1.42. The van der Waals surface area contributed by atoms with Gasteiger partial charge in [-0.2, -0.15) is 0 Å². The molecule has 0 amide bonds.